The number of hydrogen-bond acceptors (Lipinski definition) is 3. The lowest BCUT2D eigenvalue weighted by Crippen LogP contribution is -2.50. The average molecular weight is 264 g/mol. The van der Waals surface area contributed by atoms with E-state index in [1.807, 2.05) is 0 Å². The molecule has 0 radical (unpaired) electrons. The number of ether oxygens (including phenoxy) is 1. The monoisotopic (exact) mass is 264 g/mol. The van der Waals surface area contributed by atoms with Gasteiger partial charge in [0.15, 0.2) is 0 Å². The molecule has 1 N–H and O–H groups in total. The number of hydrogen-bond donors (Lipinski definition) is 1. The summed E-state index contributed by atoms with van der Waals surface area (Å²) in [6, 6.07) is 2.34. The van der Waals surface area contributed by atoms with Crippen molar-refractivity contribution in [3.8, 4) is 6.07 Å². The Morgan fingerprint density at radius 2 is 2.05 bits per heavy atom. The standard InChI is InChI=1S/C15H24N2O2/c1-3-7-15(10-16,8-4-2)17-14(18)12-9-11-5-6-13(12)19-11/h11-13H,3-9H2,1-2H3,(H,17,18). The topological polar surface area (TPSA) is 62.1 Å². The molecule has 3 atom stereocenters. The van der Waals surface area contributed by atoms with Crippen molar-refractivity contribution in [2.24, 2.45) is 5.92 Å². The minimum absolute atomic E-state index is 0.0238. The average Bonchev–Trinajstić information content (AvgIpc) is 3.01. The molecule has 0 aliphatic carbocycles. The van der Waals surface area contributed by atoms with Crippen LogP contribution in [0.4, 0.5) is 0 Å². The molecule has 2 aliphatic rings. The van der Waals surface area contributed by atoms with Crippen LogP contribution in [0.3, 0.4) is 0 Å². The number of nitrogens with one attached hydrogen (secondary N) is 1. The highest BCUT2D eigenvalue weighted by Gasteiger charge is 2.46. The highest BCUT2D eigenvalue weighted by molar-refractivity contribution is 5.81. The van der Waals surface area contributed by atoms with Crippen LogP contribution in [0.5, 0.6) is 0 Å². The molecule has 106 valence electrons. The minimum atomic E-state index is -0.678. The maximum absolute atomic E-state index is 12.4. The van der Waals surface area contributed by atoms with Crippen LogP contribution < -0.4 is 5.32 Å². The summed E-state index contributed by atoms with van der Waals surface area (Å²) < 4.78 is 5.73. The van der Waals surface area contributed by atoms with Gasteiger partial charge in [-0.2, -0.15) is 5.26 Å². The third kappa shape index (κ3) is 2.92. The van der Waals surface area contributed by atoms with Gasteiger partial charge in [0.05, 0.1) is 24.2 Å². The van der Waals surface area contributed by atoms with E-state index in [0.717, 1.165) is 44.9 Å². The Morgan fingerprint density at radius 3 is 2.47 bits per heavy atom. The molecule has 0 spiro atoms. The molecule has 3 unspecified atom stereocenters. The third-order valence-electron chi connectivity index (χ3n) is 4.37. The fraction of sp³-hybridized carbons (Fsp3) is 0.867. The van der Waals surface area contributed by atoms with E-state index in [4.69, 9.17) is 4.74 Å². The first kappa shape index (κ1) is 14.3. The molecule has 2 rings (SSSR count). The first-order valence-corrected chi connectivity index (χ1v) is 7.53. The van der Waals surface area contributed by atoms with E-state index in [0.29, 0.717) is 0 Å². The van der Waals surface area contributed by atoms with E-state index in [2.05, 4.69) is 25.2 Å². The van der Waals surface area contributed by atoms with E-state index in [-0.39, 0.29) is 24.0 Å². The number of carbonyl (C=O) groups excluding carboxylic acids is 1. The van der Waals surface area contributed by atoms with Crippen molar-refractivity contribution >= 4 is 5.91 Å². The summed E-state index contributed by atoms with van der Waals surface area (Å²) in [6.45, 7) is 4.10. The lowest BCUT2D eigenvalue weighted by molar-refractivity contribution is -0.128. The Morgan fingerprint density at radius 1 is 1.37 bits per heavy atom. The summed E-state index contributed by atoms with van der Waals surface area (Å²) >= 11 is 0. The quantitative estimate of drug-likeness (QED) is 0.802. The number of fused-ring (bicyclic) bond motifs is 2. The Kier molecular flexibility index (Phi) is 4.46. The molecule has 2 fully saturated rings. The Bertz CT molecular complexity index is 369. The molecule has 2 aliphatic heterocycles. The fourth-order valence-corrected chi connectivity index (χ4v) is 3.49. The minimum Gasteiger partial charge on any atom is -0.374 e. The molecule has 2 bridgehead atoms. The zero-order valence-electron chi connectivity index (χ0n) is 11.9. The summed E-state index contributed by atoms with van der Waals surface area (Å²) in [5, 5.41) is 12.5. The normalized spacial score (nSPS) is 29.2. The van der Waals surface area contributed by atoms with Crippen LogP contribution in [0.15, 0.2) is 0 Å². The molecule has 19 heavy (non-hydrogen) atoms. The van der Waals surface area contributed by atoms with Crippen LogP contribution in [0.25, 0.3) is 0 Å². The molecule has 0 aromatic rings. The highest BCUT2D eigenvalue weighted by Crippen LogP contribution is 2.39. The van der Waals surface area contributed by atoms with Crippen LogP contribution in [0, 0.1) is 17.2 Å². The number of nitrogens with zero attached hydrogens (tertiary/aromatic N) is 1. The van der Waals surface area contributed by atoms with Crippen LogP contribution in [-0.2, 0) is 9.53 Å². The number of rotatable bonds is 6. The van der Waals surface area contributed by atoms with Crippen molar-refractivity contribution in [3.63, 3.8) is 0 Å². The van der Waals surface area contributed by atoms with E-state index in [1.165, 1.54) is 0 Å². The van der Waals surface area contributed by atoms with Crippen molar-refractivity contribution < 1.29 is 9.53 Å². The Labute approximate surface area is 115 Å². The Balaban J connectivity index is 2.00. The van der Waals surface area contributed by atoms with Crippen molar-refractivity contribution in [3.05, 3.63) is 0 Å². The van der Waals surface area contributed by atoms with Gasteiger partial charge in [0.25, 0.3) is 0 Å². The molecular formula is C15H24N2O2. The van der Waals surface area contributed by atoms with Crippen molar-refractivity contribution in [1.29, 1.82) is 5.26 Å². The molecule has 4 nitrogen and oxygen atoms in total. The van der Waals surface area contributed by atoms with Crippen LogP contribution >= 0.6 is 0 Å². The molecule has 0 saturated carbocycles. The molecule has 2 saturated heterocycles. The second kappa shape index (κ2) is 5.92. The van der Waals surface area contributed by atoms with Crippen molar-refractivity contribution in [2.75, 3.05) is 0 Å². The number of amides is 1. The van der Waals surface area contributed by atoms with Gasteiger partial charge in [0.1, 0.15) is 5.54 Å². The van der Waals surface area contributed by atoms with Gasteiger partial charge < -0.3 is 10.1 Å². The largest absolute Gasteiger partial charge is 0.374 e. The highest BCUT2D eigenvalue weighted by atomic mass is 16.5. The summed E-state index contributed by atoms with van der Waals surface area (Å²) in [5.74, 6) is -0.0177. The SMILES string of the molecule is CCCC(C#N)(CCC)NC(=O)C1CC2CCC1O2. The molecule has 4 heteroatoms. The van der Waals surface area contributed by atoms with Gasteiger partial charge >= 0.3 is 0 Å². The first-order chi connectivity index (χ1) is 9.14. The van der Waals surface area contributed by atoms with Gasteiger partial charge in [-0.05, 0) is 32.1 Å². The van der Waals surface area contributed by atoms with Gasteiger partial charge in [-0.3, -0.25) is 4.79 Å². The lowest BCUT2D eigenvalue weighted by atomic mass is 9.85. The zero-order chi connectivity index (χ0) is 13.9. The third-order valence-corrected chi connectivity index (χ3v) is 4.37. The second-order valence-electron chi connectivity index (χ2n) is 5.90. The molecule has 1 amide bonds. The summed E-state index contributed by atoms with van der Waals surface area (Å²) in [5.41, 5.74) is -0.678. The molecule has 0 aromatic carbocycles. The molecular weight excluding hydrogens is 240 g/mol. The molecule has 0 aromatic heterocycles. The second-order valence-corrected chi connectivity index (χ2v) is 5.90. The summed E-state index contributed by atoms with van der Waals surface area (Å²) in [6.07, 6.45) is 6.53. The van der Waals surface area contributed by atoms with Crippen LogP contribution in [0.1, 0.15) is 58.8 Å². The van der Waals surface area contributed by atoms with Gasteiger partial charge in [-0.1, -0.05) is 26.7 Å². The van der Waals surface area contributed by atoms with E-state index in [9.17, 15) is 10.1 Å². The smallest absolute Gasteiger partial charge is 0.227 e. The lowest BCUT2D eigenvalue weighted by Gasteiger charge is -2.30. The van der Waals surface area contributed by atoms with Crippen LogP contribution in [-0.4, -0.2) is 23.7 Å². The first-order valence-electron chi connectivity index (χ1n) is 7.53. The summed E-state index contributed by atoms with van der Waals surface area (Å²) in [7, 11) is 0. The van der Waals surface area contributed by atoms with Crippen LogP contribution in [0.2, 0.25) is 0 Å². The maximum Gasteiger partial charge on any atom is 0.227 e. The van der Waals surface area contributed by atoms with Gasteiger partial charge in [0, 0.05) is 0 Å². The predicted molar refractivity (Wildman–Crippen MR) is 72.3 cm³/mol. The summed E-state index contributed by atoms with van der Waals surface area (Å²) in [4.78, 5) is 12.4. The van der Waals surface area contributed by atoms with Crippen molar-refractivity contribution in [2.45, 2.75) is 76.5 Å². The predicted octanol–water partition coefficient (Wildman–Crippen LogP) is 2.53. The fourth-order valence-electron chi connectivity index (χ4n) is 3.49. The van der Waals surface area contributed by atoms with E-state index < -0.39 is 5.54 Å². The van der Waals surface area contributed by atoms with E-state index >= 15 is 0 Å². The maximum atomic E-state index is 12.4. The molecule has 2 heterocycles. The zero-order valence-corrected chi connectivity index (χ0v) is 11.9. The van der Waals surface area contributed by atoms with Gasteiger partial charge in [-0.25, -0.2) is 0 Å². The number of carbonyl (C=O) groups is 1. The Hall–Kier alpha value is -1.08. The van der Waals surface area contributed by atoms with Crippen molar-refractivity contribution in [1.82, 2.24) is 5.32 Å². The number of nitriles is 1. The van der Waals surface area contributed by atoms with E-state index in [1.54, 1.807) is 0 Å². The van der Waals surface area contributed by atoms with Gasteiger partial charge in [-0.15, -0.1) is 0 Å². The van der Waals surface area contributed by atoms with Gasteiger partial charge in [0.2, 0.25) is 5.91 Å².